The molecule has 7 heteroatoms. The van der Waals surface area contributed by atoms with Crippen LogP contribution in [0.3, 0.4) is 0 Å². The van der Waals surface area contributed by atoms with Crippen molar-refractivity contribution in [3.63, 3.8) is 0 Å². The molecule has 1 fully saturated rings. The lowest BCUT2D eigenvalue weighted by molar-refractivity contribution is -0.132. The van der Waals surface area contributed by atoms with Crippen molar-refractivity contribution in [2.24, 2.45) is 0 Å². The second kappa shape index (κ2) is 11.0. The number of ketones is 1. The molecule has 1 atom stereocenters. The van der Waals surface area contributed by atoms with E-state index in [0.717, 1.165) is 5.56 Å². The van der Waals surface area contributed by atoms with E-state index in [2.05, 4.69) is 0 Å². The quantitative estimate of drug-likeness (QED) is 0.152. The Morgan fingerprint density at radius 2 is 1.50 bits per heavy atom. The van der Waals surface area contributed by atoms with Crippen LogP contribution in [0.4, 0.5) is 5.69 Å². The number of phenolic OH excluding ortho intramolecular Hbond substituents is 1. The minimum absolute atomic E-state index is 0.0255. The third-order valence-electron chi connectivity index (χ3n) is 6.56. The van der Waals surface area contributed by atoms with Crippen molar-refractivity contribution in [3.8, 4) is 23.0 Å². The molecule has 0 spiro atoms. The molecule has 0 aliphatic carbocycles. The molecule has 1 amide bonds. The van der Waals surface area contributed by atoms with Crippen LogP contribution in [-0.2, 0) is 9.59 Å². The number of rotatable bonds is 7. The molecule has 5 rings (SSSR count). The summed E-state index contributed by atoms with van der Waals surface area (Å²) in [6.45, 7) is 5.70. The number of carbonyl (C=O) groups excluding carboxylic acids is 2. The molecule has 1 unspecified atom stereocenters. The normalized spacial score (nSPS) is 16.4. The highest BCUT2D eigenvalue weighted by Crippen LogP contribution is 2.43. The van der Waals surface area contributed by atoms with Crippen molar-refractivity contribution >= 4 is 23.1 Å². The Morgan fingerprint density at radius 3 is 2.12 bits per heavy atom. The van der Waals surface area contributed by atoms with E-state index in [1.807, 2.05) is 51.1 Å². The van der Waals surface area contributed by atoms with E-state index in [1.165, 1.54) is 17.0 Å². The SMILES string of the molecule is Cc1cc(/C(O)=C2/C(=O)C(=O)N(c3ccc(Oc4ccccc4)cc3)C2c2ccc(O)cc2)ccc1OC(C)C. The second-order valence-electron chi connectivity index (χ2n) is 9.82. The number of amides is 1. The number of para-hydroxylation sites is 1. The molecule has 7 nitrogen and oxygen atoms in total. The number of Topliss-reactive ketones (excluding diaryl/α,β-unsaturated/α-hetero) is 1. The molecule has 2 N–H and O–H groups in total. The predicted molar refractivity (Wildman–Crippen MR) is 153 cm³/mol. The summed E-state index contributed by atoms with van der Waals surface area (Å²) in [6.07, 6.45) is -0.0255. The molecule has 4 aromatic rings. The molecule has 1 aliphatic rings. The van der Waals surface area contributed by atoms with Gasteiger partial charge in [-0.1, -0.05) is 30.3 Å². The Labute approximate surface area is 232 Å². The van der Waals surface area contributed by atoms with E-state index in [4.69, 9.17) is 9.47 Å². The summed E-state index contributed by atoms with van der Waals surface area (Å²) < 4.78 is 11.7. The van der Waals surface area contributed by atoms with Gasteiger partial charge in [-0.2, -0.15) is 0 Å². The number of aliphatic hydroxyl groups excluding tert-OH is 1. The Morgan fingerprint density at radius 1 is 0.850 bits per heavy atom. The Hall–Kier alpha value is -5.04. The van der Waals surface area contributed by atoms with Gasteiger partial charge in [-0.3, -0.25) is 14.5 Å². The standard InChI is InChI=1S/C33H29NO6/c1-20(2)39-28-18-11-23(19-21(28)3)31(36)29-30(22-9-14-25(35)15-10-22)34(33(38)32(29)37)24-12-16-27(17-13-24)40-26-7-5-4-6-8-26/h4-20,30,35-36H,1-3H3/b31-29-. The lowest BCUT2D eigenvalue weighted by Gasteiger charge is -2.25. The smallest absolute Gasteiger partial charge is 0.300 e. The Kier molecular flexibility index (Phi) is 7.29. The summed E-state index contributed by atoms with van der Waals surface area (Å²) in [7, 11) is 0. The number of aryl methyl sites for hydroxylation is 1. The molecule has 0 aromatic heterocycles. The first-order chi connectivity index (χ1) is 19.2. The number of nitrogens with zero attached hydrogens (tertiary/aromatic N) is 1. The molecular formula is C33H29NO6. The van der Waals surface area contributed by atoms with Gasteiger partial charge in [0.2, 0.25) is 0 Å². The summed E-state index contributed by atoms with van der Waals surface area (Å²) in [5.74, 6) is 0.0708. The van der Waals surface area contributed by atoms with Crippen LogP contribution < -0.4 is 14.4 Å². The molecule has 1 saturated heterocycles. The third-order valence-corrected chi connectivity index (χ3v) is 6.56. The van der Waals surface area contributed by atoms with Gasteiger partial charge in [0.25, 0.3) is 11.7 Å². The van der Waals surface area contributed by atoms with Crippen molar-refractivity contribution in [3.05, 3.63) is 119 Å². The highest BCUT2D eigenvalue weighted by Gasteiger charge is 2.47. The molecule has 1 heterocycles. The van der Waals surface area contributed by atoms with E-state index >= 15 is 0 Å². The minimum atomic E-state index is -0.923. The van der Waals surface area contributed by atoms with Crippen LogP contribution in [0.5, 0.6) is 23.0 Å². The van der Waals surface area contributed by atoms with Crippen molar-refractivity contribution in [1.82, 2.24) is 0 Å². The summed E-state index contributed by atoms with van der Waals surface area (Å²) in [6, 6.07) is 26.5. The number of aromatic hydroxyl groups is 1. The maximum atomic E-state index is 13.5. The monoisotopic (exact) mass is 535 g/mol. The lowest BCUT2D eigenvalue weighted by atomic mass is 9.94. The van der Waals surface area contributed by atoms with Gasteiger partial charge < -0.3 is 19.7 Å². The summed E-state index contributed by atoms with van der Waals surface area (Å²) in [5.41, 5.74) is 2.14. The van der Waals surface area contributed by atoms with Crippen molar-refractivity contribution in [1.29, 1.82) is 0 Å². The maximum Gasteiger partial charge on any atom is 0.300 e. The van der Waals surface area contributed by atoms with E-state index in [1.54, 1.807) is 54.6 Å². The van der Waals surface area contributed by atoms with E-state index in [0.29, 0.717) is 34.1 Å². The number of ether oxygens (including phenoxy) is 2. The maximum absolute atomic E-state index is 13.5. The predicted octanol–water partition coefficient (Wildman–Crippen LogP) is 6.91. The molecule has 202 valence electrons. The zero-order chi connectivity index (χ0) is 28.4. The van der Waals surface area contributed by atoms with Crippen LogP contribution in [0.1, 0.15) is 36.6 Å². The average molecular weight is 536 g/mol. The van der Waals surface area contributed by atoms with Gasteiger partial charge in [0, 0.05) is 11.3 Å². The summed E-state index contributed by atoms with van der Waals surface area (Å²) in [4.78, 5) is 28.3. The minimum Gasteiger partial charge on any atom is -0.508 e. The molecule has 4 aromatic carbocycles. The fourth-order valence-corrected chi connectivity index (χ4v) is 4.71. The number of hydrogen-bond donors (Lipinski definition) is 2. The molecule has 1 aliphatic heterocycles. The number of anilines is 1. The molecule has 0 saturated carbocycles. The third kappa shape index (κ3) is 5.27. The van der Waals surface area contributed by atoms with Crippen LogP contribution in [0.25, 0.3) is 5.76 Å². The van der Waals surface area contributed by atoms with Crippen molar-refractivity contribution in [2.45, 2.75) is 32.9 Å². The van der Waals surface area contributed by atoms with Gasteiger partial charge in [0.15, 0.2) is 0 Å². The number of phenols is 1. The average Bonchev–Trinajstić information content (AvgIpc) is 3.20. The fourth-order valence-electron chi connectivity index (χ4n) is 4.71. The van der Waals surface area contributed by atoms with Gasteiger partial charge in [-0.05, 0) is 98.6 Å². The molecule has 0 radical (unpaired) electrons. The first-order valence-electron chi connectivity index (χ1n) is 12.9. The lowest BCUT2D eigenvalue weighted by Crippen LogP contribution is -2.29. The zero-order valence-electron chi connectivity index (χ0n) is 22.4. The van der Waals surface area contributed by atoms with Gasteiger partial charge in [-0.25, -0.2) is 0 Å². The topological polar surface area (TPSA) is 96.3 Å². The molecular weight excluding hydrogens is 506 g/mol. The largest absolute Gasteiger partial charge is 0.508 e. The summed E-state index contributed by atoms with van der Waals surface area (Å²) in [5, 5.41) is 21.3. The van der Waals surface area contributed by atoms with Crippen LogP contribution in [-0.4, -0.2) is 28.0 Å². The highest BCUT2D eigenvalue weighted by molar-refractivity contribution is 6.51. The van der Waals surface area contributed by atoms with Crippen LogP contribution >= 0.6 is 0 Å². The number of hydrogen-bond acceptors (Lipinski definition) is 6. The fraction of sp³-hybridized carbons (Fsp3) is 0.152. The van der Waals surface area contributed by atoms with Gasteiger partial charge >= 0.3 is 0 Å². The van der Waals surface area contributed by atoms with E-state index < -0.39 is 17.7 Å². The van der Waals surface area contributed by atoms with Crippen LogP contribution in [0.2, 0.25) is 0 Å². The number of benzene rings is 4. The molecule has 0 bridgehead atoms. The molecule has 40 heavy (non-hydrogen) atoms. The number of aliphatic hydroxyl groups is 1. The summed E-state index contributed by atoms with van der Waals surface area (Å²) >= 11 is 0. The van der Waals surface area contributed by atoms with Crippen molar-refractivity contribution < 1.29 is 29.3 Å². The van der Waals surface area contributed by atoms with Crippen molar-refractivity contribution in [2.75, 3.05) is 4.90 Å². The second-order valence-corrected chi connectivity index (χ2v) is 9.82. The Bertz CT molecular complexity index is 1570. The first-order valence-corrected chi connectivity index (χ1v) is 12.9. The van der Waals surface area contributed by atoms with E-state index in [-0.39, 0.29) is 23.2 Å². The Balaban J connectivity index is 1.57. The van der Waals surface area contributed by atoms with Gasteiger partial charge in [0.05, 0.1) is 17.7 Å². The van der Waals surface area contributed by atoms with Gasteiger partial charge in [-0.15, -0.1) is 0 Å². The van der Waals surface area contributed by atoms with Crippen LogP contribution in [0.15, 0.2) is 103 Å². The van der Waals surface area contributed by atoms with Crippen LogP contribution in [0, 0.1) is 6.92 Å². The zero-order valence-corrected chi connectivity index (χ0v) is 22.4. The van der Waals surface area contributed by atoms with E-state index in [9.17, 15) is 19.8 Å². The van der Waals surface area contributed by atoms with Gasteiger partial charge in [0.1, 0.15) is 28.8 Å². The first kappa shape index (κ1) is 26.6. The highest BCUT2D eigenvalue weighted by atomic mass is 16.5. The number of carbonyl (C=O) groups is 2.